The van der Waals surface area contributed by atoms with Crippen LogP contribution in [0.2, 0.25) is 0 Å². The summed E-state index contributed by atoms with van der Waals surface area (Å²) in [6.45, 7) is 3.94. The molecule has 0 amide bonds. The Labute approximate surface area is 125 Å². The quantitative estimate of drug-likeness (QED) is 0.832. The minimum atomic E-state index is -0.513. The average molecular weight is 340 g/mol. The van der Waals surface area contributed by atoms with Gasteiger partial charge in [-0.2, -0.15) is 0 Å². The van der Waals surface area contributed by atoms with Crippen LogP contribution in [0.15, 0.2) is 28.7 Å². The van der Waals surface area contributed by atoms with Crippen LogP contribution in [0.5, 0.6) is 17.2 Å². The predicted octanol–water partition coefficient (Wildman–Crippen LogP) is 4.59. The number of nitrogens with two attached hydrogens (primary N) is 1. The van der Waals surface area contributed by atoms with Crippen LogP contribution in [0.4, 0.5) is 10.1 Å². The number of anilines is 1. The van der Waals surface area contributed by atoms with Crippen molar-refractivity contribution in [2.45, 2.75) is 13.8 Å². The highest BCUT2D eigenvalue weighted by Crippen LogP contribution is 2.35. The van der Waals surface area contributed by atoms with Crippen LogP contribution in [-0.4, -0.2) is 7.11 Å². The minimum Gasteiger partial charge on any atom is -0.494 e. The number of rotatable bonds is 3. The first kappa shape index (κ1) is 14.7. The van der Waals surface area contributed by atoms with Gasteiger partial charge in [-0.05, 0) is 37.1 Å². The molecule has 0 heterocycles. The summed E-state index contributed by atoms with van der Waals surface area (Å²) in [5.74, 6) is 0.591. The topological polar surface area (TPSA) is 44.5 Å². The Hall–Kier alpha value is -1.75. The van der Waals surface area contributed by atoms with E-state index in [1.807, 2.05) is 26.0 Å². The second-order valence-electron chi connectivity index (χ2n) is 4.50. The molecule has 0 bridgehead atoms. The highest BCUT2D eigenvalue weighted by molar-refractivity contribution is 9.10. The van der Waals surface area contributed by atoms with E-state index < -0.39 is 5.82 Å². The number of methoxy groups -OCH3 is 1. The fourth-order valence-corrected chi connectivity index (χ4v) is 2.12. The molecule has 0 aromatic heterocycles. The molecule has 2 aromatic carbocycles. The lowest BCUT2D eigenvalue weighted by Gasteiger charge is -2.13. The van der Waals surface area contributed by atoms with E-state index in [1.54, 1.807) is 0 Å². The van der Waals surface area contributed by atoms with E-state index in [2.05, 4.69) is 15.9 Å². The molecule has 3 nitrogen and oxygen atoms in total. The molecule has 5 heteroatoms. The Morgan fingerprint density at radius 3 is 2.20 bits per heavy atom. The summed E-state index contributed by atoms with van der Waals surface area (Å²) in [6, 6.07) is 6.39. The van der Waals surface area contributed by atoms with Crippen molar-refractivity contribution in [3.8, 4) is 17.2 Å². The molecule has 0 aliphatic heterocycles. The van der Waals surface area contributed by atoms with Crippen molar-refractivity contribution in [3.63, 3.8) is 0 Å². The van der Waals surface area contributed by atoms with Crippen molar-refractivity contribution < 1.29 is 13.9 Å². The molecule has 2 rings (SSSR count). The monoisotopic (exact) mass is 339 g/mol. The Balaban J connectivity index is 2.39. The average Bonchev–Trinajstić information content (AvgIpc) is 2.39. The number of halogens is 2. The van der Waals surface area contributed by atoms with Crippen LogP contribution in [0.3, 0.4) is 0 Å². The molecule has 0 spiro atoms. The molecule has 0 fully saturated rings. The van der Waals surface area contributed by atoms with E-state index in [0.29, 0.717) is 11.5 Å². The van der Waals surface area contributed by atoms with E-state index in [1.165, 1.54) is 19.2 Å². The molecule has 2 aromatic rings. The van der Waals surface area contributed by atoms with Gasteiger partial charge in [-0.15, -0.1) is 0 Å². The zero-order chi connectivity index (χ0) is 14.9. The van der Waals surface area contributed by atoms with Gasteiger partial charge in [-0.25, -0.2) is 4.39 Å². The molecule has 0 saturated heterocycles. The largest absolute Gasteiger partial charge is 0.494 e. The van der Waals surface area contributed by atoms with E-state index in [0.717, 1.165) is 15.6 Å². The summed E-state index contributed by atoms with van der Waals surface area (Å²) >= 11 is 3.50. The summed E-state index contributed by atoms with van der Waals surface area (Å²) in [5, 5.41) is 0. The van der Waals surface area contributed by atoms with Gasteiger partial charge in [0.1, 0.15) is 5.75 Å². The predicted molar refractivity (Wildman–Crippen MR) is 81.1 cm³/mol. The first-order valence-corrected chi connectivity index (χ1v) is 6.79. The van der Waals surface area contributed by atoms with Crippen molar-refractivity contribution in [3.05, 3.63) is 45.7 Å². The summed E-state index contributed by atoms with van der Waals surface area (Å²) in [5.41, 5.74) is 8.09. The van der Waals surface area contributed by atoms with Crippen LogP contribution in [0.1, 0.15) is 11.1 Å². The van der Waals surface area contributed by atoms with Gasteiger partial charge in [0.05, 0.1) is 12.8 Å². The molecule has 0 radical (unpaired) electrons. The van der Waals surface area contributed by atoms with Crippen LogP contribution < -0.4 is 15.2 Å². The van der Waals surface area contributed by atoms with E-state index in [9.17, 15) is 4.39 Å². The molecule has 0 aliphatic carbocycles. The van der Waals surface area contributed by atoms with Crippen LogP contribution in [0, 0.1) is 19.7 Å². The van der Waals surface area contributed by atoms with E-state index in [-0.39, 0.29) is 11.4 Å². The highest BCUT2D eigenvalue weighted by atomic mass is 79.9. The van der Waals surface area contributed by atoms with Gasteiger partial charge < -0.3 is 15.2 Å². The molecule has 0 saturated carbocycles. The maximum Gasteiger partial charge on any atom is 0.167 e. The number of hydrogen-bond donors (Lipinski definition) is 1. The van der Waals surface area contributed by atoms with Crippen molar-refractivity contribution in [2.24, 2.45) is 0 Å². The van der Waals surface area contributed by atoms with Crippen LogP contribution >= 0.6 is 15.9 Å². The van der Waals surface area contributed by atoms with Crippen molar-refractivity contribution in [1.29, 1.82) is 0 Å². The van der Waals surface area contributed by atoms with Crippen molar-refractivity contribution in [2.75, 3.05) is 12.8 Å². The lowest BCUT2D eigenvalue weighted by molar-refractivity contribution is 0.382. The first-order valence-electron chi connectivity index (χ1n) is 6.00. The number of benzene rings is 2. The number of nitrogen functional groups attached to an aromatic ring is 1. The number of hydrogen-bond acceptors (Lipinski definition) is 3. The number of ether oxygens (including phenoxy) is 2. The molecule has 0 unspecified atom stereocenters. The lowest BCUT2D eigenvalue weighted by atomic mass is 10.1. The fourth-order valence-electron chi connectivity index (χ4n) is 1.89. The molecule has 106 valence electrons. The number of aryl methyl sites for hydroxylation is 2. The smallest absolute Gasteiger partial charge is 0.167 e. The molecule has 0 aliphatic rings. The third-order valence-electron chi connectivity index (χ3n) is 2.92. The molecule has 2 N–H and O–H groups in total. The standard InChI is InChI=1S/C15H15BrFNO2/c1-8-4-10(5-9(2)15(8)16)20-14-7-13(19-3)11(17)6-12(14)18/h4-7H,18H2,1-3H3. The molecular weight excluding hydrogens is 325 g/mol. The van der Waals surface area contributed by atoms with E-state index in [4.69, 9.17) is 15.2 Å². The maximum absolute atomic E-state index is 13.5. The second kappa shape index (κ2) is 5.71. The van der Waals surface area contributed by atoms with Crippen molar-refractivity contribution >= 4 is 21.6 Å². The molecule has 20 heavy (non-hydrogen) atoms. The zero-order valence-electron chi connectivity index (χ0n) is 11.5. The van der Waals surface area contributed by atoms with Crippen LogP contribution in [-0.2, 0) is 0 Å². The van der Waals surface area contributed by atoms with Crippen molar-refractivity contribution in [1.82, 2.24) is 0 Å². The highest BCUT2D eigenvalue weighted by Gasteiger charge is 2.11. The van der Waals surface area contributed by atoms with Gasteiger partial charge in [0.15, 0.2) is 17.3 Å². The molecule has 0 atom stereocenters. The van der Waals surface area contributed by atoms with Gasteiger partial charge in [0.25, 0.3) is 0 Å². The van der Waals surface area contributed by atoms with E-state index >= 15 is 0 Å². The third-order valence-corrected chi connectivity index (χ3v) is 4.17. The Morgan fingerprint density at radius 2 is 1.65 bits per heavy atom. The normalized spacial score (nSPS) is 10.4. The Morgan fingerprint density at radius 1 is 1.05 bits per heavy atom. The minimum absolute atomic E-state index is 0.0970. The Bertz CT molecular complexity index is 636. The fraction of sp³-hybridized carbons (Fsp3) is 0.200. The summed E-state index contributed by atoms with van der Waals surface area (Å²) in [7, 11) is 1.40. The summed E-state index contributed by atoms with van der Waals surface area (Å²) in [4.78, 5) is 0. The first-order chi connectivity index (χ1) is 9.42. The maximum atomic E-state index is 13.5. The third kappa shape index (κ3) is 2.88. The SMILES string of the molecule is COc1cc(Oc2cc(C)c(Br)c(C)c2)c(N)cc1F. The zero-order valence-corrected chi connectivity index (χ0v) is 13.0. The van der Waals surface area contributed by atoms with Gasteiger partial charge in [0, 0.05) is 16.6 Å². The lowest BCUT2D eigenvalue weighted by Crippen LogP contribution is -1.97. The van der Waals surface area contributed by atoms with Gasteiger partial charge in [-0.3, -0.25) is 0 Å². The summed E-state index contributed by atoms with van der Waals surface area (Å²) < 4.78 is 25.2. The second-order valence-corrected chi connectivity index (χ2v) is 5.29. The Kier molecular flexibility index (Phi) is 4.18. The van der Waals surface area contributed by atoms with Gasteiger partial charge in [-0.1, -0.05) is 15.9 Å². The van der Waals surface area contributed by atoms with Gasteiger partial charge >= 0.3 is 0 Å². The molecular formula is C15H15BrFNO2. The van der Waals surface area contributed by atoms with Gasteiger partial charge in [0.2, 0.25) is 0 Å². The summed E-state index contributed by atoms with van der Waals surface area (Å²) in [6.07, 6.45) is 0. The van der Waals surface area contributed by atoms with Crippen LogP contribution in [0.25, 0.3) is 0 Å².